The Balaban J connectivity index is 1.45. The maximum atomic E-state index is 13.4. The van der Waals surface area contributed by atoms with Gasteiger partial charge >= 0.3 is 0 Å². The van der Waals surface area contributed by atoms with Gasteiger partial charge in [0, 0.05) is 28.1 Å². The zero-order valence-electron chi connectivity index (χ0n) is 19.6. The second-order valence-electron chi connectivity index (χ2n) is 8.55. The predicted octanol–water partition coefficient (Wildman–Crippen LogP) is 5.51. The van der Waals surface area contributed by atoms with E-state index >= 15 is 0 Å². The van der Waals surface area contributed by atoms with Crippen molar-refractivity contribution >= 4 is 48.7 Å². The molecule has 0 aliphatic heterocycles. The summed E-state index contributed by atoms with van der Waals surface area (Å²) in [6.45, 7) is 1.91. The van der Waals surface area contributed by atoms with E-state index in [9.17, 15) is 13.2 Å². The molecule has 7 nitrogen and oxygen atoms in total. The third-order valence-electron chi connectivity index (χ3n) is 6.17. The Morgan fingerprint density at radius 3 is 2.46 bits per heavy atom. The molecule has 0 saturated carbocycles. The lowest BCUT2D eigenvalue weighted by Crippen LogP contribution is -2.16. The Bertz CT molecular complexity index is 1970. The molecule has 0 amide bonds. The lowest BCUT2D eigenvalue weighted by molar-refractivity contribution is 0.589. The minimum absolute atomic E-state index is 0.194. The quantitative estimate of drug-likeness (QED) is 0.279. The van der Waals surface area contributed by atoms with Gasteiger partial charge in [-0.05, 0) is 30.7 Å². The number of hydrogen-bond acceptors (Lipinski definition) is 6. The number of para-hydroxylation sites is 1. The van der Waals surface area contributed by atoms with Crippen LogP contribution in [0.15, 0.2) is 112 Å². The van der Waals surface area contributed by atoms with Crippen LogP contribution in [-0.2, 0) is 10.0 Å². The summed E-state index contributed by atoms with van der Waals surface area (Å²) >= 11 is 1.41. The highest BCUT2D eigenvalue weighted by atomic mass is 32.2. The molecule has 0 unspecified atom stereocenters. The number of nitrogens with zero attached hydrogens (tertiary/aromatic N) is 4. The molecule has 6 rings (SSSR count). The molecule has 0 atom stereocenters. The van der Waals surface area contributed by atoms with Crippen molar-refractivity contribution in [1.29, 1.82) is 0 Å². The van der Waals surface area contributed by atoms with Crippen LogP contribution in [0.1, 0.15) is 11.1 Å². The molecule has 0 spiro atoms. The fourth-order valence-electron chi connectivity index (χ4n) is 4.26. The molecule has 3 aromatic heterocycles. The average molecular weight is 525 g/mol. The molecular formula is C28H20N4O3S2. The van der Waals surface area contributed by atoms with Crippen LogP contribution < -0.4 is 5.56 Å². The van der Waals surface area contributed by atoms with Crippen LogP contribution in [0.3, 0.4) is 0 Å². The molecule has 0 N–H and O–H groups in total. The summed E-state index contributed by atoms with van der Waals surface area (Å²) in [5, 5.41) is 7.51. The number of fused-ring (bicyclic) bond motifs is 2. The van der Waals surface area contributed by atoms with E-state index in [-0.39, 0.29) is 10.5 Å². The highest BCUT2D eigenvalue weighted by molar-refractivity contribution is 7.90. The first-order chi connectivity index (χ1) is 17.9. The monoisotopic (exact) mass is 524 g/mol. The third kappa shape index (κ3) is 3.98. The topological polar surface area (TPSA) is 86.3 Å². The van der Waals surface area contributed by atoms with Crippen molar-refractivity contribution in [2.75, 3.05) is 0 Å². The summed E-state index contributed by atoms with van der Waals surface area (Å²) in [6, 6.07) is 23.6. The number of aromatic nitrogens is 3. The average Bonchev–Trinajstić information content (AvgIpc) is 3.52. The minimum Gasteiger partial charge on any atom is -0.267 e. The first-order valence-electron chi connectivity index (χ1n) is 11.4. The first kappa shape index (κ1) is 23.1. The van der Waals surface area contributed by atoms with E-state index in [0.29, 0.717) is 26.7 Å². The van der Waals surface area contributed by atoms with Crippen molar-refractivity contribution in [3.8, 4) is 11.1 Å². The van der Waals surface area contributed by atoms with Crippen molar-refractivity contribution in [2.24, 2.45) is 5.10 Å². The van der Waals surface area contributed by atoms with Gasteiger partial charge in [-0.2, -0.15) is 9.78 Å². The number of thiophene rings is 1. The Hall–Kier alpha value is -4.34. The highest BCUT2D eigenvalue weighted by Crippen LogP contribution is 2.30. The van der Waals surface area contributed by atoms with E-state index in [1.807, 2.05) is 54.8 Å². The highest BCUT2D eigenvalue weighted by Gasteiger charge is 2.21. The molecule has 6 aromatic rings. The van der Waals surface area contributed by atoms with Crippen LogP contribution >= 0.6 is 11.3 Å². The van der Waals surface area contributed by atoms with Gasteiger partial charge in [0.2, 0.25) is 0 Å². The van der Waals surface area contributed by atoms with Crippen LogP contribution in [0.4, 0.5) is 0 Å². The molecule has 3 aromatic carbocycles. The molecule has 0 fully saturated rings. The standard InChI is InChI=1S/C28H20N4O3S2/c1-19-11-13-22(14-12-19)37(34,35)32-16-21(23-9-5-6-10-25(23)32)15-30-31-18-29-27-26(28(31)33)24(17-36-27)20-7-3-2-4-8-20/h2-18H,1H3/b30-15+. The van der Waals surface area contributed by atoms with Crippen molar-refractivity contribution in [3.63, 3.8) is 0 Å². The van der Waals surface area contributed by atoms with Gasteiger partial charge in [0.05, 0.1) is 22.0 Å². The molecular weight excluding hydrogens is 504 g/mol. The molecule has 0 bridgehead atoms. The van der Waals surface area contributed by atoms with Gasteiger partial charge in [-0.3, -0.25) is 4.79 Å². The molecule has 0 saturated heterocycles. The molecule has 3 heterocycles. The summed E-state index contributed by atoms with van der Waals surface area (Å²) < 4.78 is 29.3. The van der Waals surface area contributed by atoms with Crippen LogP contribution in [0.25, 0.3) is 32.2 Å². The van der Waals surface area contributed by atoms with Gasteiger partial charge in [-0.15, -0.1) is 11.3 Å². The van der Waals surface area contributed by atoms with Gasteiger partial charge in [0.25, 0.3) is 15.6 Å². The largest absolute Gasteiger partial charge is 0.283 e. The van der Waals surface area contributed by atoms with Gasteiger partial charge in [-0.25, -0.2) is 17.4 Å². The van der Waals surface area contributed by atoms with Crippen LogP contribution in [0.2, 0.25) is 0 Å². The van der Waals surface area contributed by atoms with E-state index < -0.39 is 10.0 Å². The number of aryl methyl sites for hydroxylation is 1. The van der Waals surface area contributed by atoms with E-state index in [0.717, 1.165) is 16.7 Å². The Morgan fingerprint density at radius 1 is 0.946 bits per heavy atom. The summed E-state index contributed by atoms with van der Waals surface area (Å²) in [5.41, 5.74) is 3.50. The van der Waals surface area contributed by atoms with E-state index in [1.165, 1.54) is 38.7 Å². The molecule has 0 aliphatic carbocycles. The van der Waals surface area contributed by atoms with Crippen LogP contribution in [-0.4, -0.2) is 28.3 Å². The van der Waals surface area contributed by atoms with E-state index in [4.69, 9.17) is 0 Å². The van der Waals surface area contributed by atoms with Crippen molar-refractivity contribution in [3.05, 3.63) is 118 Å². The predicted molar refractivity (Wildman–Crippen MR) is 148 cm³/mol. The fourth-order valence-corrected chi connectivity index (χ4v) is 6.55. The Kier molecular flexibility index (Phi) is 5.58. The molecule has 0 aliphatic rings. The van der Waals surface area contributed by atoms with Crippen molar-refractivity contribution < 1.29 is 8.42 Å². The van der Waals surface area contributed by atoms with Gasteiger partial charge in [0.15, 0.2) is 0 Å². The second-order valence-corrected chi connectivity index (χ2v) is 11.2. The SMILES string of the molecule is Cc1ccc(S(=O)(=O)n2cc(/C=N/n3cnc4scc(-c5ccccc5)c4c3=O)c3ccccc32)cc1. The normalized spacial score (nSPS) is 12.1. The number of benzene rings is 3. The van der Waals surface area contributed by atoms with Crippen molar-refractivity contribution in [2.45, 2.75) is 11.8 Å². The fraction of sp³-hybridized carbons (Fsp3) is 0.0357. The maximum absolute atomic E-state index is 13.4. The molecule has 0 radical (unpaired) electrons. The van der Waals surface area contributed by atoms with E-state index in [1.54, 1.807) is 36.4 Å². The lowest BCUT2D eigenvalue weighted by Gasteiger charge is -2.07. The lowest BCUT2D eigenvalue weighted by atomic mass is 10.1. The Morgan fingerprint density at radius 2 is 1.68 bits per heavy atom. The maximum Gasteiger partial charge on any atom is 0.283 e. The molecule has 9 heteroatoms. The van der Waals surface area contributed by atoms with Crippen LogP contribution in [0, 0.1) is 6.92 Å². The second kappa shape index (κ2) is 8.95. The zero-order valence-corrected chi connectivity index (χ0v) is 21.3. The van der Waals surface area contributed by atoms with Gasteiger partial charge in [-0.1, -0.05) is 66.2 Å². The summed E-state index contributed by atoms with van der Waals surface area (Å²) in [5.74, 6) is 0. The van der Waals surface area contributed by atoms with Gasteiger partial charge in [0.1, 0.15) is 11.2 Å². The number of rotatable bonds is 5. The molecule has 182 valence electrons. The van der Waals surface area contributed by atoms with E-state index in [2.05, 4.69) is 10.1 Å². The zero-order chi connectivity index (χ0) is 25.6. The molecule has 37 heavy (non-hydrogen) atoms. The first-order valence-corrected chi connectivity index (χ1v) is 13.8. The summed E-state index contributed by atoms with van der Waals surface area (Å²) in [6.07, 6.45) is 4.40. The van der Waals surface area contributed by atoms with Crippen molar-refractivity contribution in [1.82, 2.24) is 13.6 Å². The third-order valence-corrected chi connectivity index (χ3v) is 8.74. The minimum atomic E-state index is -3.83. The number of hydrogen-bond donors (Lipinski definition) is 0. The van der Waals surface area contributed by atoms with Crippen LogP contribution in [0.5, 0.6) is 0 Å². The summed E-state index contributed by atoms with van der Waals surface area (Å²) in [7, 11) is -3.83. The Labute approximate surface area is 216 Å². The van der Waals surface area contributed by atoms with Gasteiger partial charge < -0.3 is 0 Å². The smallest absolute Gasteiger partial charge is 0.267 e. The summed E-state index contributed by atoms with van der Waals surface area (Å²) in [4.78, 5) is 18.6.